The average Bonchev–Trinajstić information content (AvgIpc) is 3.08. The molecule has 0 atom stereocenters. The van der Waals surface area contributed by atoms with Gasteiger partial charge in [0.2, 0.25) is 0 Å². The molecule has 28 heavy (non-hydrogen) atoms. The monoisotopic (exact) mass is 392 g/mol. The van der Waals surface area contributed by atoms with Crippen LogP contribution < -0.4 is 10.6 Å². The number of fused-ring (bicyclic) bond motifs is 1. The van der Waals surface area contributed by atoms with Gasteiger partial charge in [-0.2, -0.15) is 0 Å². The van der Waals surface area contributed by atoms with Gasteiger partial charge in [0.25, 0.3) is 10.0 Å². The highest BCUT2D eigenvalue weighted by Crippen LogP contribution is 2.29. The lowest BCUT2D eigenvalue weighted by molar-refractivity contribution is 0.588. The molecule has 0 unspecified atom stereocenters. The second kappa shape index (κ2) is 7.46. The molecule has 2 aromatic carbocycles. The third-order valence-corrected chi connectivity index (χ3v) is 6.13. The van der Waals surface area contributed by atoms with Crippen molar-refractivity contribution >= 4 is 32.3 Å². The summed E-state index contributed by atoms with van der Waals surface area (Å²) < 4.78 is 27.8. The Labute approximate surface area is 163 Å². The Kier molecular flexibility index (Phi) is 4.85. The van der Waals surface area contributed by atoms with E-state index in [-0.39, 0.29) is 4.90 Å². The zero-order valence-corrected chi connectivity index (χ0v) is 16.1. The van der Waals surface area contributed by atoms with Crippen LogP contribution in [0.25, 0.3) is 10.9 Å². The largest absolute Gasteiger partial charge is 0.355 e. The second-order valence-corrected chi connectivity index (χ2v) is 8.21. The van der Waals surface area contributed by atoms with E-state index in [1.54, 1.807) is 24.5 Å². The Morgan fingerprint density at radius 2 is 1.82 bits per heavy atom. The van der Waals surface area contributed by atoms with Crippen molar-refractivity contribution in [2.45, 2.75) is 11.4 Å². The Bertz CT molecular complexity index is 1200. The Morgan fingerprint density at radius 1 is 1.00 bits per heavy atom. The summed E-state index contributed by atoms with van der Waals surface area (Å²) >= 11 is 0. The molecule has 0 spiro atoms. The predicted molar refractivity (Wildman–Crippen MR) is 111 cm³/mol. The lowest BCUT2D eigenvalue weighted by Gasteiger charge is -2.10. The van der Waals surface area contributed by atoms with Gasteiger partial charge < -0.3 is 10.6 Å². The molecule has 0 amide bonds. The molecule has 2 N–H and O–H groups in total. The quantitative estimate of drug-likeness (QED) is 0.523. The fourth-order valence-corrected chi connectivity index (χ4v) is 4.52. The first-order valence-electron chi connectivity index (χ1n) is 8.86. The van der Waals surface area contributed by atoms with E-state index in [1.807, 2.05) is 55.6 Å². The lowest BCUT2D eigenvalue weighted by Crippen LogP contribution is -2.12. The molecular weight excluding hydrogens is 372 g/mol. The van der Waals surface area contributed by atoms with E-state index in [0.717, 1.165) is 22.3 Å². The van der Waals surface area contributed by atoms with Crippen molar-refractivity contribution in [3.63, 3.8) is 0 Å². The molecule has 2 heterocycles. The van der Waals surface area contributed by atoms with Gasteiger partial charge in [0.1, 0.15) is 4.90 Å². The molecule has 0 aliphatic carbocycles. The van der Waals surface area contributed by atoms with Crippen LogP contribution >= 0.6 is 0 Å². The standard InChI is InChI=1S/C21H20N4O2S/c1-22-13-16-15-25(28(26,27)19-8-5-11-23-14-19)21-12-18(9-10-20(16)21)24-17-6-3-2-4-7-17/h2-12,14-15,22,24H,13H2,1H3. The molecule has 2 aromatic heterocycles. The van der Waals surface area contributed by atoms with Crippen molar-refractivity contribution in [2.24, 2.45) is 0 Å². The van der Waals surface area contributed by atoms with Crippen molar-refractivity contribution in [3.05, 3.63) is 84.8 Å². The maximum Gasteiger partial charge on any atom is 0.269 e. The molecular formula is C21H20N4O2S. The number of hydrogen-bond acceptors (Lipinski definition) is 5. The highest BCUT2D eigenvalue weighted by atomic mass is 32.2. The van der Waals surface area contributed by atoms with Crippen molar-refractivity contribution in [3.8, 4) is 0 Å². The number of hydrogen-bond donors (Lipinski definition) is 2. The van der Waals surface area contributed by atoms with E-state index in [1.165, 1.54) is 10.2 Å². The first-order valence-corrected chi connectivity index (χ1v) is 10.3. The highest BCUT2D eigenvalue weighted by Gasteiger charge is 2.21. The minimum absolute atomic E-state index is 0.157. The zero-order valence-electron chi connectivity index (χ0n) is 15.3. The number of benzene rings is 2. The minimum Gasteiger partial charge on any atom is -0.355 e. The SMILES string of the molecule is CNCc1cn(S(=O)(=O)c2cccnc2)c2cc(Nc3ccccc3)ccc12. The van der Waals surface area contributed by atoms with Crippen LogP contribution in [0.1, 0.15) is 5.56 Å². The zero-order chi connectivity index (χ0) is 19.6. The molecule has 7 heteroatoms. The number of nitrogens with zero attached hydrogens (tertiary/aromatic N) is 2. The van der Waals surface area contributed by atoms with E-state index < -0.39 is 10.0 Å². The fourth-order valence-electron chi connectivity index (χ4n) is 3.18. The molecule has 0 aliphatic rings. The Hall–Kier alpha value is -3.16. The highest BCUT2D eigenvalue weighted by molar-refractivity contribution is 7.90. The van der Waals surface area contributed by atoms with Gasteiger partial charge in [-0.15, -0.1) is 0 Å². The minimum atomic E-state index is -3.75. The molecule has 0 fully saturated rings. The van der Waals surface area contributed by atoms with Crippen molar-refractivity contribution < 1.29 is 8.42 Å². The van der Waals surface area contributed by atoms with Gasteiger partial charge in [-0.1, -0.05) is 24.3 Å². The van der Waals surface area contributed by atoms with Gasteiger partial charge in [0, 0.05) is 41.9 Å². The van der Waals surface area contributed by atoms with E-state index >= 15 is 0 Å². The second-order valence-electron chi connectivity index (χ2n) is 6.40. The molecule has 0 saturated heterocycles. The summed E-state index contributed by atoms with van der Waals surface area (Å²) in [6.45, 7) is 0.567. The van der Waals surface area contributed by atoms with Crippen LogP contribution in [-0.4, -0.2) is 24.4 Å². The maximum absolute atomic E-state index is 13.2. The number of anilines is 2. The normalized spacial score (nSPS) is 11.6. The molecule has 0 saturated carbocycles. The van der Waals surface area contributed by atoms with Gasteiger partial charge in [-0.25, -0.2) is 12.4 Å². The average molecular weight is 392 g/mol. The number of nitrogens with one attached hydrogen (secondary N) is 2. The van der Waals surface area contributed by atoms with E-state index in [2.05, 4.69) is 15.6 Å². The Balaban J connectivity index is 1.86. The summed E-state index contributed by atoms with van der Waals surface area (Å²) in [5.41, 5.74) is 3.28. The van der Waals surface area contributed by atoms with Crippen LogP contribution in [0.4, 0.5) is 11.4 Å². The topological polar surface area (TPSA) is 76.0 Å². The summed E-state index contributed by atoms with van der Waals surface area (Å²) in [6.07, 6.45) is 4.60. The van der Waals surface area contributed by atoms with E-state index in [0.29, 0.717) is 12.1 Å². The van der Waals surface area contributed by atoms with Gasteiger partial charge in [-0.3, -0.25) is 4.98 Å². The van der Waals surface area contributed by atoms with Crippen molar-refractivity contribution in [1.82, 2.24) is 14.3 Å². The smallest absolute Gasteiger partial charge is 0.269 e. The third-order valence-electron chi connectivity index (χ3n) is 4.48. The number of rotatable bonds is 6. The molecule has 6 nitrogen and oxygen atoms in total. The van der Waals surface area contributed by atoms with Crippen LogP contribution in [0.15, 0.2) is 84.1 Å². The molecule has 0 radical (unpaired) electrons. The van der Waals surface area contributed by atoms with Crippen LogP contribution in [0.2, 0.25) is 0 Å². The summed E-state index contributed by atoms with van der Waals surface area (Å²) in [7, 11) is -1.92. The summed E-state index contributed by atoms with van der Waals surface area (Å²) in [6, 6.07) is 18.7. The third kappa shape index (κ3) is 3.37. The van der Waals surface area contributed by atoms with Crippen molar-refractivity contribution in [1.29, 1.82) is 0 Å². The van der Waals surface area contributed by atoms with Crippen molar-refractivity contribution in [2.75, 3.05) is 12.4 Å². The fraction of sp³-hybridized carbons (Fsp3) is 0.0952. The molecule has 4 aromatic rings. The van der Waals surface area contributed by atoms with Gasteiger partial charge in [0.05, 0.1) is 5.52 Å². The maximum atomic E-state index is 13.2. The number of pyridine rings is 1. The van der Waals surface area contributed by atoms with Gasteiger partial charge in [-0.05, 0) is 49.0 Å². The van der Waals surface area contributed by atoms with Crippen LogP contribution in [0.5, 0.6) is 0 Å². The Morgan fingerprint density at radius 3 is 2.54 bits per heavy atom. The van der Waals surface area contributed by atoms with Crippen LogP contribution in [0, 0.1) is 0 Å². The molecule has 0 bridgehead atoms. The van der Waals surface area contributed by atoms with E-state index in [4.69, 9.17) is 0 Å². The number of aromatic nitrogens is 2. The summed E-state index contributed by atoms with van der Waals surface area (Å²) in [4.78, 5) is 4.11. The van der Waals surface area contributed by atoms with Crippen LogP contribution in [-0.2, 0) is 16.6 Å². The van der Waals surface area contributed by atoms with Gasteiger partial charge in [0.15, 0.2) is 0 Å². The molecule has 4 rings (SSSR count). The van der Waals surface area contributed by atoms with Crippen LogP contribution in [0.3, 0.4) is 0 Å². The van der Waals surface area contributed by atoms with Gasteiger partial charge >= 0.3 is 0 Å². The first-order chi connectivity index (χ1) is 13.6. The molecule has 142 valence electrons. The summed E-state index contributed by atoms with van der Waals surface area (Å²) in [5.74, 6) is 0. The predicted octanol–water partition coefficient (Wildman–Crippen LogP) is 3.74. The number of para-hydroxylation sites is 1. The first kappa shape index (κ1) is 18.2. The van der Waals surface area contributed by atoms with E-state index in [9.17, 15) is 8.42 Å². The lowest BCUT2D eigenvalue weighted by atomic mass is 10.1. The summed E-state index contributed by atoms with van der Waals surface area (Å²) in [5, 5.41) is 7.31. The molecule has 0 aliphatic heterocycles.